The largest absolute Gasteiger partial charge is 0.363 e. The fourth-order valence-corrected chi connectivity index (χ4v) is 2.54. The molecule has 0 bridgehead atoms. The topological polar surface area (TPSA) is 58.1 Å². The number of hydrogen-bond donors (Lipinski definition) is 1. The normalized spacial score (nSPS) is 15.5. The molecule has 1 N–H and O–H groups in total. The van der Waals surface area contributed by atoms with Gasteiger partial charge in [-0.25, -0.2) is 9.97 Å². The van der Waals surface area contributed by atoms with Crippen molar-refractivity contribution in [1.29, 1.82) is 0 Å². The van der Waals surface area contributed by atoms with Gasteiger partial charge in [0.25, 0.3) is 0 Å². The van der Waals surface area contributed by atoms with E-state index < -0.39 is 0 Å². The minimum atomic E-state index is 0.0967. The molecular weight excluding hydrogens is 240 g/mol. The first kappa shape index (κ1) is 13.8. The van der Waals surface area contributed by atoms with E-state index >= 15 is 0 Å². The van der Waals surface area contributed by atoms with E-state index in [0.29, 0.717) is 12.4 Å². The molecule has 1 aliphatic carbocycles. The maximum atomic E-state index is 10.9. The summed E-state index contributed by atoms with van der Waals surface area (Å²) >= 11 is 0. The van der Waals surface area contributed by atoms with Crippen molar-refractivity contribution in [1.82, 2.24) is 9.97 Å². The van der Waals surface area contributed by atoms with E-state index in [1.54, 1.807) is 13.3 Å². The number of carbonyl (C=O) groups excluding carboxylic acids is 1. The standard InChI is InChI=1S/C14H22N4O/c1-11(19)8-15-13-7-14(17-10-16-13)18(2)9-12-5-3-4-6-12/h7,10,12H,3-6,8-9H2,1-2H3,(H,15,16,17). The number of Topliss-reactive ketones (excluding diaryl/α,β-unsaturated/α-hetero) is 1. The molecule has 5 nitrogen and oxygen atoms in total. The van der Waals surface area contributed by atoms with Crippen LogP contribution in [-0.2, 0) is 4.79 Å². The van der Waals surface area contributed by atoms with Crippen LogP contribution in [0.4, 0.5) is 11.6 Å². The van der Waals surface area contributed by atoms with Crippen molar-refractivity contribution < 1.29 is 4.79 Å². The number of carbonyl (C=O) groups is 1. The van der Waals surface area contributed by atoms with Crippen molar-refractivity contribution in [2.45, 2.75) is 32.6 Å². The van der Waals surface area contributed by atoms with E-state index in [1.165, 1.54) is 25.7 Å². The Balaban J connectivity index is 1.94. The summed E-state index contributed by atoms with van der Waals surface area (Å²) in [5, 5.41) is 3.01. The van der Waals surface area contributed by atoms with Gasteiger partial charge in [-0.15, -0.1) is 0 Å². The molecule has 2 rings (SSSR count). The van der Waals surface area contributed by atoms with Crippen LogP contribution in [0.2, 0.25) is 0 Å². The lowest BCUT2D eigenvalue weighted by Gasteiger charge is -2.22. The first-order chi connectivity index (χ1) is 9.15. The molecule has 5 heteroatoms. The molecule has 1 aliphatic rings. The van der Waals surface area contributed by atoms with Gasteiger partial charge < -0.3 is 10.2 Å². The van der Waals surface area contributed by atoms with Crippen molar-refractivity contribution in [2.75, 3.05) is 30.4 Å². The summed E-state index contributed by atoms with van der Waals surface area (Å²) in [4.78, 5) is 21.5. The SMILES string of the molecule is CC(=O)CNc1cc(N(C)CC2CCCC2)ncn1. The van der Waals surface area contributed by atoms with E-state index in [2.05, 4.69) is 27.2 Å². The van der Waals surface area contributed by atoms with Crippen LogP contribution in [0.25, 0.3) is 0 Å². The Morgan fingerprint density at radius 2 is 2.16 bits per heavy atom. The van der Waals surface area contributed by atoms with Crippen molar-refractivity contribution in [2.24, 2.45) is 5.92 Å². The summed E-state index contributed by atoms with van der Waals surface area (Å²) in [5.74, 6) is 2.50. The van der Waals surface area contributed by atoms with Crippen LogP contribution < -0.4 is 10.2 Å². The molecule has 1 saturated carbocycles. The number of hydrogen-bond acceptors (Lipinski definition) is 5. The Morgan fingerprint density at radius 1 is 1.42 bits per heavy atom. The molecule has 19 heavy (non-hydrogen) atoms. The van der Waals surface area contributed by atoms with Gasteiger partial charge in [-0.2, -0.15) is 0 Å². The maximum absolute atomic E-state index is 10.9. The maximum Gasteiger partial charge on any atom is 0.148 e. The van der Waals surface area contributed by atoms with Crippen LogP contribution in [0.3, 0.4) is 0 Å². The predicted molar refractivity (Wildman–Crippen MR) is 76.4 cm³/mol. The summed E-state index contributed by atoms with van der Waals surface area (Å²) in [5.41, 5.74) is 0. The average molecular weight is 262 g/mol. The lowest BCUT2D eigenvalue weighted by Crippen LogP contribution is -2.25. The van der Waals surface area contributed by atoms with Gasteiger partial charge in [0.1, 0.15) is 23.7 Å². The Hall–Kier alpha value is -1.65. The lowest BCUT2D eigenvalue weighted by molar-refractivity contribution is -0.115. The average Bonchev–Trinajstić information content (AvgIpc) is 2.89. The van der Waals surface area contributed by atoms with Crippen LogP contribution in [0.5, 0.6) is 0 Å². The molecule has 1 aromatic rings. The third kappa shape index (κ3) is 4.19. The van der Waals surface area contributed by atoms with Gasteiger partial charge in [0.05, 0.1) is 6.54 Å². The zero-order valence-corrected chi connectivity index (χ0v) is 11.7. The summed E-state index contributed by atoms with van der Waals surface area (Å²) < 4.78 is 0. The zero-order chi connectivity index (χ0) is 13.7. The fourth-order valence-electron chi connectivity index (χ4n) is 2.54. The highest BCUT2D eigenvalue weighted by Crippen LogP contribution is 2.26. The van der Waals surface area contributed by atoms with E-state index in [9.17, 15) is 4.79 Å². The Bertz CT molecular complexity index is 429. The number of nitrogens with zero attached hydrogens (tertiary/aromatic N) is 3. The molecule has 0 radical (unpaired) electrons. The third-order valence-corrected chi connectivity index (χ3v) is 3.57. The second-order valence-corrected chi connectivity index (χ2v) is 5.35. The smallest absolute Gasteiger partial charge is 0.148 e. The molecular formula is C14H22N4O. The van der Waals surface area contributed by atoms with Gasteiger partial charge in [-0.3, -0.25) is 4.79 Å². The Kier molecular flexibility index (Phi) is 4.71. The Morgan fingerprint density at radius 3 is 2.84 bits per heavy atom. The van der Waals surface area contributed by atoms with Gasteiger partial charge in [0, 0.05) is 19.7 Å². The van der Waals surface area contributed by atoms with Crippen LogP contribution in [0.15, 0.2) is 12.4 Å². The summed E-state index contributed by atoms with van der Waals surface area (Å²) in [6.07, 6.45) is 6.90. The second-order valence-electron chi connectivity index (χ2n) is 5.35. The zero-order valence-electron chi connectivity index (χ0n) is 11.7. The minimum Gasteiger partial charge on any atom is -0.363 e. The second kappa shape index (κ2) is 6.50. The molecule has 104 valence electrons. The molecule has 0 aromatic carbocycles. The fraction of sp³-hybridized carbons (Fsp3) is 0.643. The van der Waals surface area contributed by atoms with Gasteiger partial charge in [0.2, 0.25) is 0 Å². The van der Waals surface area contributed by atoms with Crippen molar-refractivity contribution >= 4 is 17.4 Å². The molecule has 1 heterocycles. The molecule has 0 saturated heterocycles. The summed E-state index contributed by atoms with van der Waals surface area (Å²) in [6, 6.07) is 1.90. The highest BCUT2D eigenvalue weighted by Gasteiger charge is 2.17. The van der Waals surface area contributed by atoms with Crippen LogP contribution >= 0.6 is 0 Å². The molecule has 1 aromatic heterocycles. The number of nitrogens with one attached hydrogen (secondary N) is 1. The first-order valence-corrected chi connectivity index (χ1v) is 6.91. The van der Waals surface area contributed by atoms with Crippen molar-refractivity contribution in [3.8, 4) is 0 Å². The molecule has 0 aliphatic heterocycles. The van der Waals surface area contributed by atoms with E-state index in [0.717, 1.165) is 18.3 Å². The predicted octanol–water partition coefficient (Wildman–Crippen LogP) is 2.10. The first-order valence-electron chi connectivity index (χ1n) is 6.91. The highest BCUT2D eigenvalue weighted by atomic mass is 16.1. The van der Waals surface area contributed by atoms with E-state index in [1.807, 2.05) is 6.07 Å². The van der Waals surface area contributed by atoms with Gasteiger partial charge in [-0.05, 0) is 25.7 Å². The minimum absolute atomic E-state index is 0.0967. The van der Waals surface area contributed by atoms with Crippen LogP contribution in [-0.4, -0.2) is 35.9 Å². The molecule has 0 atom stereocenters. The lowest BCUT2D eigenvalue weighted by atomic mass is 10.1. The van der Waals surface area contributed by atoms with E-state index in [-0.39, 0.29) is 5.78 Å². The van der Waals surface area contributed by atoms with Crippen LogP contribution in [0, 0.1) is 5.92 Å². The molecule has 1 fully saturated rings. The number of aromatic nitrogens is 2. The molecule has 0 amide bonds. The summed E-state index contributed by atoms with van der Waals surface area (Å²) in [7, 11) is 2.06. The molecule has 0 spiro atoms. The number of anilines is 2. The number of rotatable bonds is 6. The number of ketones is 1. The third-order valence-electron chi connectivity index (χ3n) is 3.57. The molecule has 0 unspecified atom stereocenters. The summed E-state index contributed by atoms with van der Waals surface area (Å²) in [6.45, 7) is 2.91. The van der Waals surface area contributed by atoms with Crippen molar-refractivity contribution in [3.63, 3.8) is 0 Å². The van der Waals surface area contributed by atoms with Gasteiger partial charge in [-0.1, -0.05) is 12.8 Å². The monoisotopic (exact) mass is 262 g/mol. The van der Waals surface area contributed by atoms with E-state index in [4.69, 9.17) is 0 Å². The van der Waals surface area contributed by atoms with Crippen LogP contribution in [0.1, 0.15) is 32.6 Å². The Labute approximate surface area is 114 Å². The van der Waals surface area contributed by atoms with Gasteiger partial charge >= 0.3 is 0 Å². The highest BCUT2D eigenvalue weighted by molar-refractivity contribution is 5.80. The quantitative estimate of drug-likeness (QED) is 0.851. The van der Waals surface area contributed by atoms with Gasteiger partial charge in [0.15, 0.2) is 0 Å². The van der Waals surface area contributed by atoms with Crippen molar-refractivity contribution in [3.05, 3.63) is 12.4 Å².